The van der Waals surface area contributed by atoms with Gasteiger partial charge in [0.2, 0.25) is 0 Å². The van der Waals surface area contributed by atoms with Gasteiger partial charge in [0.15, 0.2) is 0 Å². The Morgan fingerprint density at radius 1 is 0.531 bits per heavy atom. The van der Waals surface area contributed by atoms with Gasteiger partial charge in [-0.1, -0.05) is 76.6 Å². The molecule has 0 unspecified atom stereocenters. The standard InChI is InChI=1S/C30H36S2/c1-3-5-7-9-11-23-17-29(31-21-23)27-15-13-26-20-28(16-14-25(26)19-27)30-18-24(22-32-30)12-10-8-6-4-2/h13-22H,3-12H2,1-2H3. The molecule has 0 radical (unpaired) electrons. The van der Waals surface area contributed by atoms with Gasteiger partial charge in [0, 0.05) is 9.75 Å². The molecule has 0 atom stereocenters. The summed E-state index contributed by atoms with van der Waals surface area (Å²) in [5, 5.41) is 7.37. The second-order valence-corrected chi connectivity index (χ2v) is 10.9. The van der Waals surface area contributed by atoms with Crippen LogP contribution in [-0.2, 0) is 12.8 Å². The van der Waals surface area contributed by atoms with Crippen LogP contribution in [0.2, 0.25) is 0 Å². The van der Waals surface area contributed by atoms with Gasteiger partial charge in [-0.25, -0.2) is 0 Å². The van der Waals surface area contributed by atoms with Crippen LogP contribution in [0.5, 0.6) is 0 Å². The van der Waals surface area contributed by atoms with E-state index in [1.807, 2.05) is 22.7 Å². The van der Waals surface area contributed by atoms with Gasteiger partial charge in [-0.2, -0.15) is 0 Å². The lowest BCUT2D eigenvalue weighted by Gasteiger charge is -2.05. The average molecular weight is 461 g/mol. The van der Waals surface area contributed by atoms with Crippen molar-refractivity contribution in [2.24, 2.45) is 0 Å². The van der Waals surface area contributed by atoms with Gasteiger partial charge in [-0.3, -0.25) is 0 Å². The normalized spacial score (nSPS) is 11.4. The lowest BCUT2D eigenvalue weighted by Crippen LogP contribution is -1.83. The summed E-state index contributed by atoms with van der Waals surface area (Å²) in [5.74, 6) is 0. The highest BCUT2D eigenvalue weighted by Gasteiger charge is 2.07. The number of rotatable bonds is 12. The molecule has 0 spiro atoms. The van der Waals surface area contributed by atoms with Crippen LogP contribution in [0.4, 0.5) is 0 Å². The first-order valence-electron chi connectivity index (χ1n) is 12.5. The van der Waals surface area contributed by atoms with Gasteiger partial charge in [-0.05, 0) is 93.7 Å². The number of fused-ring (bicyclic) bond motifs is 1. The summed E-state index contributed by atoms with van der Waals surface area (Å²) >= 11 is 3.78. The second-order valence-electron chi connectivity index (χ2n) is 9.04. The quantitative estimate of drug-likeness (QED) is 0.184. The largest absolute Gasteiger partial charge is 0.144 e. The van der Waals surface area contributed by atoms with Crippen LogP contribution in [0.25, 0.3) is 31.7 Å². The molecule has 2 heteroatoms. The number of aryl methyl sites for hydroxylation is 2. The average Bonchev–Trinajstić information content (AvgIpc) is 3.49. The molecular formula is C30H36S2. The Kier molecular flexibility index (Phi) is 8.59. The van der Waals surface area contributed by atoms with E-state index in [9.17, 15) is 0 Å². The Morgan fingerprint density at radius 3 is 1.44 bits per heavy atom. The third kappa shape index (κ3) is 6.11. The molecule has 0 bridgehead atoms. The molecule has 0 fully saturated rings. The maximum atomic E-state index is 2.40. The van der Waals surface area contributed by atoms with Crippen LogP contribution in [-0.4, -0.2) is 0 Å². The maximum absolute atomic E-state index is 2.40. The van der Waals surface area contributed by atoms with Gasteiger partial charge in [0.05, 0.1) is 0 Å². The molecule has 0 nitrogen and oxygen atoms in total. The van der Waals surface area contributed by atoms with Gasteiger partial charge in [-0.15, -0.1) is 22.7 Å². The lowest BCUT2D eigenvalue weighted by atomic mass is 10.0. The fraction of sp³-hybridized carbons (Fsp3) is 0.400. The molecule has 32 heavy (non-hydrogen) atoms. The highest BCUT2D eigenvalue weighted by atomic mass is 32.1. The fourth-order valence-electron chi connectivity index (χ4n) is 4.38. The van der Waals surface area contributed by atoms with Crippen molar-refractivity contribution in [2.75, 3.05) is 0 Å². The number of thiophene rings is 2. The monoisotopic (exact) mass is 460 g/mol. The molecule has 2 heterocycles. The Labute approximate surface area is 202 Å². The predicted octanol–water partition coefficient (Wildman–Crippen LogP) is 10.5. The summed E-state index contributed by atoms with van der Waals surface area (Å²) in [6, 6.07) is 18.7. The van der Waals surface area contributed by atoms with E-state index in [0.29, 0.717) is 0 Å². The molecule has 4 rings (SSSR count). The SMILES string of the molecule is CCCCCCc1csc(-c2ccc3cc(-c4cc(CCCCCC)cs4)ccc3c2)c1. The molecule has 2 aromatic heterocycles. The molecule has 0 aliphatic carbocycles. The Bertz CT molecular complexity index is 1030. The molecule has 2 aromatic carbocycles. The van der Waals surface area contributed by atoms with E-state index in [2.05, 4.69) is 73.1 Å². The van der Waals surface area contributed by atoms with E-state index in [0.717, 1.165) is 0 Å². The zero-order valence-electron chi connectivity index (χ0n) is 19.7. The zero-order valence-corrected chi connectivity index (χ0v) is 21.3. The summed E-state index contributed by atoms with van der Waals surface area (Å²) < 4.78 is 0. The summed E-state index contributed by atoms with van der Waals surface area (Å²) in [4.78, 5) is 2.79. The minimum absolute atomic E-state index is 1.22. The van der Waals surface area contributed by atoms with E-state index in [4.69, 9.17) is 0 Å². The topological polar surface area (TPSA) is 0 Å². The molecule has 4 aromatic rings. The van der Waals surface area contributed by atoms with Gasteiger partial charge >= 0.3 is 0 Å². The molecule has 168 valence electrons. The van der Waals surface area contributed by atoms with Crippen LogP contribution in [0.15, 0.2) is 59.3 Å². The lowest BCUT2D eigenvalue weighted by molar-refractivity contribution is 0.667. The van der Waals surface area contributed by atoms with Crippen molar-refractivity contribution in [3.05, 3.63) is 70.4 Å². The molecule has 0 saturated carbocycles. The van der Waals surface area contributed by atoms with E-state index in [-0.39, 0.29) is 0 Å². The molecule has 0 N–H and O–H groups in total. The van der Waals surface area contributed by atoms with Crippen molar-refractivity contribution >= 4 is 33.4 Å². The second kappa shape index (κ2) is 11.8. The maximum Gasteiger partial charge on any atom is 0.0345 e. The number of unbranched alkanes of at least 4 members (excludes halogenated alkanes) is 6. The Balaban J connectivity index is 1.44. The molecule has 0 aliphatic rings. The number of hydrogen-bond donors (Lipinski definition) is 0. The van der Waals surface area contributed by atoms with Crippen LogP contribution in [0, 0.1) is 0 Å². The molecular weight excluding hydrogens is 424 g/mol. The fourth-order valence-corrected chi connectivity index (χ4v) is 6.27. The first-order chi connectivity index (χ1) is 15.8. The van der Waals surface area contributed by atoms with E-state index < -0.39 is 0 Å². The highest BCUT2D eigenvalue weighted by Crippen LogP contribution is 2.34. The van der Waals surface area contributed by atoms with Crippen molar-refractivity contribution in [3.8, 4) is 20.9 Å². The number of benzene rings is 2. The van der Waals surface area contributed by atoms with E-state index in [1.165, 1.54) is 107 Å². The minimum Gasteiger partial charge on any atom is -0.144 e. The van der Waals surface area contributed by atoms with Crippen LogP contribution in [0.1, 0.15) is 76.3 Å². The van der Waals surface area contributed by atoms with Crippen molar-refractivity contribution in [1.82, 2.24) is 0 Å². The first-order valence-corrected chi connectivity index (χ1v) is 14.2. The van der Waals surface area contributed by atoms with Crippen molar-refractivity contribution in [3.63, 3.8) is 0 Å². The third-order valence-corrected chi connectivity index (χ3v) is 8.41. The third-order valence-electron chi connectivity index (χ3n) is 6.35. The molecule has 0 amide bonds. The van der Waals surface area contributed by atoms with Crippen LogP contribution in [0.3, 0.4) is 0 Å². The molecule has 0 saturated heterocycles. The van der Waals surface area contributed by atoms with Crippen molar-refractivity contribution in [2.45, 2.75) is 78.1 Å². The zero-order chi connectivity index (χ0) is 22.2. The van der Waals surface area contributed by atoms with Gasteiger partial charge in [0.25, 0.3) is 0 Å². The minimum atomic E-state index is 1.22. The highest BCUT2D eigenvalue weighted by molar-refractivity contribution is 7.14. The number of hydrogen-bond acceptors (Lipinski definition) is 2. The van der Waals surface area contributed by atoms with E-state index >= 15 is 0 Å². The predicted molar refractivity (Wildman–Crippen MR) is 146 cm³/mol. The summed E-state index contributed by atoms with van der Waals surface area (Å²) in [6.07, 6.45) is 13.1. The summed E-state index contributed by atoms with van der Waals surface area (Å²) in [5.41, 5.74) is 5.69. The Morgan fingerprint density at radius 2 is 1.00 bits per heavy atom. The molecule has 0 aliphatic heterocycles. The van der Waals surface area contributed by atoms with Crippen molar-refractivity contribution < 1.29 is 0 Å². The Hall–Kier alpha value is -1.90. The van der Waals surface area contributed by atoms with Gasteiger partial charge in [0.1, 0.15) is 0 Å². The van der Waals surface area contributed by atoms with Crippen LogP contribution < -0.4 is 0 Å². The van der Waals surface area contributed by atoms with Crippen LogP contribution >= 0.6 is 22.7 Å². The van der Waals surface area contributed by atoms with E-state index in [1.54, 1.807) is 0 Å². The summed E-state index contributed by atoms with van der Waals surface area (Å²) in [6.45, 7) is 4.55. The summed E-state index contributed by atoms with van der Waals surface area (Å²) in [7, 11) is 0. The van der Waals surface area contributed by atoms with Crippen molar-refractivity contribution in [1.29, 1.82) is 0 Å². The van der Waals surface area contributed by atoms with Gasteiger partial charge < -0.3 is 0 Å². The smallest absolute Gasteiger partial charge is 0.0345 e. The first kappa shape index (κ1) is 23.3.